The second-order valence-corrected chi connectivity index (χ2v) is 8.09. The van der Waals surface area contributed by atoms with Crippen molar-refractivity contribution in [3.05, 3.63) is 29.1 Å². The van der Waals surface area contributed by atoms with E-state index in [0.717, 1.165) is 32.2 Å². The Morgan fingerprint density at radius 3 is 2.85 bits per heavy atom. The molecule has 1 aliphatic carbocycles. The first-order chi connectivity index (χ1) is 12.6. The van der Waals surface area contributed by atoms with Gasteiger partial charge in [-0.1, -0.05) is 18.9 Å². The first kappa shape index (κ1) is 19.1. The maximum Gasteiger partial charge on any atom is 0.223 e. The molecule has 26 heavy (non-hydrogen) atoms. The summed E-state index contributed by atoms with van der Waals surface area (Å²) < 4.78 is 0. The number of carbonyl (C=O) groups is 2. The Morgan fingerprint density at radius 2 is 2.04 bits per heavy atom. The SMILES string of the molecule is CC(=O)CN1CCC(CCCCCc2ccc3c(n2)CCCC3)CC1=O. The van der Waals surface area contributed by atoms with Crippen molar-refractivity contribution in [2.45, 2.75) is 77.6 Å². The largest absolute Gasteiger partial charge is 0.335 e. The Bertz CT molecular complexity index is 641. The number of ketones is 1. The Balaban J connectivity index is 1.32. The minimum atomic E-state index is 0.0765. The predicted octanol–water partition coefficient (Wildman–Crippen LogP) is 3.89. The molecule has 4 nitrogen and oxygen atoms in total. The van der Waals surface area contributed by atoms with Crippen molar-refractivity contribution in [3.63, 3.8) is 0 Å². The van der Waals surface area contributed by atoms with Gasteiger partial charge in [-0.3, -0.25) is 14.6 Å². The molecule has 3 rings (SSSR count). The molecule has 4 heteroatoms. The predicted molar refractivity (Wildman–Crippen MR) is 103 cm³/mol. The molecule has 0 aromatic carbocycles. The van der Waals surface area contributed by atoms with Crippen molar-refractivity contribution in [1.29, 1.82) is 0 Å². The second-order valence-electron chi connectivity index (χ2n) is 8.09. The van der Waals surface area contributed by atoms with Gasteiger partial charge in [-0.15, -0.1) is 0 Å². The van der Waals surface area contributed by atoms with Crippen LogP contribution in [0.2, 0.25) is 0 Å². The third-order valence-corrected chi connectivity index (χ3v) is 5.82. The quantitative estimate of drug-likeness (QED) is 0.664. The fraction of sp³-hybridized carbons (Fsp3) is 0.682. The van der Waals surface area contributed by atoms with Gasteiger partial charge in [-0.25, -0.2) is 0 Å². The van der Waals surface area contributed by atoms with Gasteiger partial charge in [0.15, 0.2) is 0 Å². The maximum atomic E-state index is 12.1. The van der Waals surface area contributed by atoms with Crippen LogP contribution >= 0.6 is 0 Å². The topological polar surface area (TPSA) is 50.3 Å². The average Bonchev–Trinajstić information content (AvgIpc) is 2.63. The molecule has 1 aromatic rings. The summed E-state index contributed by atoms with van der Waals surface area (Å²) in [6.07, 6.45) is 12.4. The van der Waals surface area contributed by atoms with Crippen molar-refractivity contribution in [2.24, 2.45) is 5.92 Å². The van der Waals surface area contributed by atoms with Crippen LogP contribution in [0.3, 0.4) is 0 Å². The molecule has 1 aliphatic heterocycles. The number of amides is 1. The van der Waals surface area contributed by atoms with Crippen LogP contribution in [0.1, 0.15) is 75.2 Å². The van der Waals surface area contributed by atoms with E-state index in [2.05, 4.69) is 12.1 Å². The molecule has 2 heterocycles. The van der Waals surface area contributed by atoms with Crippen LogP contribution in [0.4, 0.5) is 0 Å². The highest BCUT2D eigenvalue weighted by Crippen LogP contribution is 2.24. The summed E-state index contributed by atoms with van der Waals surface area (Å²) in [4.78, 5) is 29.9. The van der Waals surface area contributed by atoms with E-state index >= 15 is 0 Å². The molecule has 0 N–H and O–H groups in total. The lowest BCUT2D eigenvalue weighted by Crippen LogP contribution is -2.41. The lowest BCUT2D eigenvalue weighted by molar-refractivity contribution is -0.138. The number of rotatable bonds is 8. The summed E-state index contributed by atoms with van der Waals surface area (Å²) in [5, 5.41) is 0. The molecule has 1 atom stereocenters. The van der Waals surface area contributed by atoms with Gasteiger partial charge < -0.3 is 4.90 Å². The standard InChI is InChI=1S/C22H32N2O2/c1-17(25)16-24-14-13-18(15-22(24)26)7-3-2-4-9-20-12-11-19-8-5-6-10-21(19)23-20/h11-12,18H,2-10,13-16H2,1H3. The minimum absolute atomic E-state index is 0.0765. The Hall–Kier alpha value is -1.71. The summed E-state index contributed by atoms with van der Waals surface area (Å²) in [5.41, 5.74) is 4.05. The first-order valence-corrected chi connectivity index (χ1v) is 10.4. The van der Waals surface area contributed by atoms with Gasteiger partial charge in [0.1, 0.15) is 5.78 Å². The maximum absolute atomic E-state index is 12.1. The Kier molecular flexibility index (Phi) is 6.81. The number of aromatic nitrogens is 1. The molecular weight excluding hydrogens is 324 g/mol. The van der Waals surface area contributed by atoms with Crippen LogP contribution in [0.15, 0.2) is 12.1 Å². The average molecular weight is 357 g/mol. The highest BCUT2D eigenvalue weighted by molar-refractivity contribution is 5.85. The van der Waals surface area contributed by atoms with Crippen LogP contribution < -0.4 is 0 Å². The fourth-order valence-corrected chi connectivity index (χ4v) is 4.31. The summed E-state index contributed by atoms with van der Waals surface area (Å²) in [6.45, 7) is 2.60. The summed E-state index contributed by atoms with van der Waals surface area (Å²) >= 11 is 0. The molecule has 0 bridgehead atoms. The summed E-state index contributed by atoms with van der Waals surface area (Å²) in [5.74, 6) is 0.745. The molecule has 1 aromatic heterocycles. The Morgan fingerprint density at radius 1 is 1.19 bits per heavy atom. The van der Waals surface area contributed by atoms with Gasteiger partial charge in [0.05, 0.1) is 6.54 Å². The number of nitrogens with zero attached hydrogens (tertiary/aromatic N) is 2. The lowest BCUT2D eigenvalue weighted by atomic mass is 9.90. The molecular formula is C22H32N2O2. The van der Waals surface area contributed by atoms with E-state index in [4.69, 9.17) is 4.98 Å². The summed E-state index contributed by atoms with van der Waals surface area (Å²) in [6, 6.07) is 4.50. The number of piperidine rings is 1. The molecule has 1 fully saturated rings. The lowest BCUT2D eigenvalue weighted by Gasteiger charge is -2.31. The first-order valence-electron chi connectivity index (χ1n) is 10.4. The smallest absolute Gasteiger partial charge is 0.223 e. The number of hydrogen-bond donors (Lipinski definition) is 0. The zero-order valence-corrected chi connectivity index (χ0v) is 16.1. The van der Waals surface area contributed by atoms with E-state index in [1.54, 1.807) is 11.8 Å². The molecule has 1 amide bonds. The van der Waals surface area contributed by atoms with Crippen molar-refractivity contribution in [2.75, 3.05) is 13.1 Å². The Labute approximate surface area is 157 Å². The molecule has 0 radical (unpaired) electrons. The molecule has 1 saturated heterocycles. The number of aryl methyl sites for hydroxylation is 3. The van der Waals surface area contributed by atoms with Crippen LogP contribution in [-0.2, 0) is 28.9 Å². The van der Waals surface area contributed by atoms with E-state index in [0.29, 0.717) is 18.9 Å². The number of unbranched alkanes of at least 4 members (excludes halogenated alkanes) is 2. The van der Waals surface area contributed by atoms with Crippen molar-refractivity contribution in [1.82, 2.24) is 9.88 Å². The van der Waals surface area contributed by atoms with Crippen molar-refractivity contribution >= 4 is 11.7 Å². The third kappa shape index (κ3) is 5.39. The third-order valence-electron chi connectivity index (χ3n) is 5.82. The second kappa shape index (κ2) is 9.29. The van der Waals surface area contributed by atoms with E-state index in [1.807, 2.05) is 0 Å². The van der Waals surface area contributed by atoms with Crippen LogP contribution in [-0.4, -0.2) is 34.7 Å². The van der Waals surface area contributed by atoms with Crippen LogP contribution in [0.25, 0.3) is 0 Å². The molecule has 2 aliphatic rings. The van der Waals surface area contributed by atoms with Gasteiger partial charge in [-0.2, -0.15) is 0 Å². The fourth-order valence-electron chi connectivity index (χ4n) is 4.31. The van der Waals surface area contributed by atoms with E-state index in [9.17, 15) is 9.59 Å². The monoisotopic (exact) mass is 356 g/mol. The number of likely N-dealkylation sites (tertiary alicyclic amines) is 1. The number of Topliss-reactive ketones (excluding diaryl/α,β-unsaturated/α-hetero) is 1. The number of hydrogen-bond acceptors (Lipinski definition) is 3. The molecule has 0 saturated carbocycles. The number of carbonyl (C=O) groups excluding carboxylic acids is 2. The minimum Gasteiger partial charge on any atom is -0.335 e. The molecule has 142 valence electrons. The zero-order valence-electron chi connectivity index (χ0n) is 16.1. The van der Waals surface area contributed by atoms with Gasteiger partial charge in [0.25, 0.3) is 0 Å². The normalized spacial score (nSPS) is 20.1. The van der Waals surface area contributed by atoms with Gasteiger partial charge in [-0.05, 0) is 75.8 Å². The molecule has 0 spiro atoms. The highest BCUT2D eigenvalue weighted by atomic mass is 16.2. The van der Waals surface area contributed by atoms with E-state index in [-0.39, 0.29) is 11.7 Å². The van der Waals surface area contributed by atoms with Crippen LogP contribution in [0.5, 0.6) is 0 Å². The van der Waals surface area contributed by atoms with Gasteiger partial charge in [0, 0.05) is 24.4 Å². The molecule has 1 unspecified atom stereocenters. The number of fused-ring (bicyclic) bond motifs is 1. The van der Waals surface area contributed by atoms with E-state index in [1.165, 1.54) is 55.5 Å². The van der Waals surface area contributed by atoms with Crippen molar-refractivity contribution < 1.29 is 9.59 Å². The van der Waals surface area contributed by atoms with Gasteiger partial charge >= 0.3 is 0 Å². The van der Waals surface area contributed by atoms with Gasteiger partial charge in [0.2, 0.25) is 5.91 Å². The van der Waals surface area contributed by atoms with Crippen molar-refractivity contribution in [3.8, 4) is 0 Å². The highest BCUT2D eigenvalue weighted by Gasteiger charge is 2.25. The van der Waals surface area contributed by atoms with Crippen LogP contribution in [0, 0.1) is 5.92 Å². The number of pyridine rings is 1. The zero-order chi connectivity index (χ0) is 18.4. The van der Waals surface area contributed by atoms with E-state index < -0.39 is 0 Å². The summed E-state index contributed by atoms with van der Waals surface area (Å²) in [7, 11) is 0.